The average Bonchev–Trinajstić information content (AvgIpc) is 2.48. The first-order valence-electron chi connectivity index (χ1n) is 6.62. The van der Waals surface area contributed by atoms with Gasteiger partial charge in [-0.3, -0.25) is 0 Å². The molecule has 0 aliphatic rings. The van der Waals surface area contributed by atoms with Crippen molar-refractivity contribution in [3.63, 3.8) is 0 Å². The second-order valence-electron chi connectivity index (χ2n) is 4.54. The first-order chi connectivity index (χ1) is 10.0. The van der Waals surface area contributed by atoms with Crippen molar-refractivity contribution >= 4 is 5.78 Å². The number of aryl methyl sites for hydroxylation is 1. The van der Waals surface area contributed by atoms with E-state index in [-0.39, 0.29) is 11.5 Å². The summed E-state index contributed by atoms with van der Waals surface area (Å²) < 4.78 is 4.96. The number of ketones is 1. The second kappa shape index (κ2) is 8.64. The molecule has 112 valence electrons. The van der Waals surface area contributed by atoms with Gasteiger partial charge >= 0.3 is 0 Å². The fourth-order valence-electron chi connectivity index (χ4n) is 1.63. The first-order valence-corrected chi connectivity index (χ1v) is 6.62. The summed E-state index contributed by atoms with van der Waals surface area (Å²) in [6, 6.07) is 13.8. The summed E-state index contributed by atoms with van der Waals surface area (Å²) in [6.07, 6.45) is 1.21. The van der Waals surface area contributed by atoms with Crippen molar-refractivity contribution in [1.82, 2.24) is 0 Å². The third-order valence-electron chi connectivity index (χ3n) is 2.77. The van der Waals surface area contributed by atoms with Crippen LogP contribution in [0.4, 0.5) is 0 Å². The van der Waals surface area contributed by atoms with Crippen LogP contribution >= 0.6 is 0 Å². The molecule has 0 amide bonds. The molecule has 0 fully saturated rings. The van der Waals surface area contributed by atoms with Crippen LogP contribution in [-0.4, -0.2) is 23.1 Å². The normalized spacial score (nSPS) is 9.43. The van der Waals surface area contributed by atoms with E-state index in [0.717, 1.165) is 5.56 Å². The highest BCUT2D eigenvalue weighted by Gasteiger charge is 2.03. The first kappa shape index (κ1) is 16.6. The Morgan fingerprint density at radius 2 is 1.76 bits per heavy atom. The van der Waals surface area contributed by atoms with Crippen LogP contribution in [0.1, 0.15) is 18.9 Å². The van der Waals surface area contributed by atoms with Crippen molar-refractivity contribution in [2.75, 3.05) is 7.11 Å². The zero-order chi connectivity index (χ0) is 15.7. The number of hydrogen-bond donors (Lipinski definition) is 2. The maximum atomic E-state index is 10.8. The minimum absolute atomic E-state index is 0.124. The van der Waals surface area contributed by atoms with Gasteiger partial charge in [-0.2, -0.15) is 0 Å². The van der Waals surface area contributed by atoms with Crippen molar-refractivity contribution in [3.05, 3.63) is 54.1 Å². The van der Waals surface area contributed by atoms with Crippen molar-refractivity contribution in [3.8, 4) is 17.2 Å². The Balaban J connectivity index is 0.000000262. The molecule has 0 heterocycles. The van der Waals surface area contributed by atoms with Crippen LogP contribution in [0.3, 0.4) is 0 Å². The smallest absolute Gasteiger partial charge is 0.160 e. The van der Waals surface area contributed by atoms with Crippen LogP contribution < -0.4 is 4.74 Å². The standard InChI is InChI=1S/C11H14O3.C6H6O/c1-8(12)3-4-9-5-6-10(13)11(7-9)14-2;7-6-4-2-1-3-5-6/h5-7,13H,3-4H2,1-2H3;1-5,7H. The number of phenols is 2. The number of carbonyl (C=O) groups excluding carboxylic acids is 1. The lowest BCUT2D eigenvalue weighted by molar-refractivity contribution is -0.116. The van der Waals surface area contributed by atoms with Crippen molar-refractivity contribution in [1.29, 1.82) is 0 Å². The van der Waals surface area contributed by atoms with Gasteiger partial charge < -0.3 is 19.7 Å². The topological polar surface area (TPSA) is 66.8 Å². The van der Waals surface area contributed by atoms with Gasteiger partial charge in [0.2, 0.25) is 0 Å². The van der Waals surface area contributed by atoms with Gasteiger partial charge in [-0.1, -0.05) is 24.3 Å². The van der Waals surface area contributed by atoms with Crippen LogP contribution in [0.15, 0.2) is 48.5 Å². The number of Topliss-reactive ketones (excluding diaryl/α,β-unsaturated/α-hetero) is 1. The maximum Gasteiger partial charge on any atom is 0.160 e. The predicted molar refractivity (Wildman–Crippen MR) is 81.8 cm³/mol. The van der Waals surface area contributed by atoms with Gasteiger partial charge in [-0.25, -0.2) is 0 Å². The molecule has 2 N–H and O–H groups in total. The molecule has 4 heteroatoms. The summed E-state index contributed by atoms with van der Waals surface area (Å²) in [5.41, 5.74) is 0.995. The zero-order valence-electron chi connectivity index (χ0n) is 12.2. The molecule has 0 aliphatic heterocycles. The Morgan fingerprint density at radius 1 is 1.10 bits per heavy atom. The van der Waals surface area contributed by atoms with Gasteiger partial charge in [0.1, 0.15) is 11.5 Å². The zero-order valence-corrected chi connectivity index (χ0v) is 12.2. The SMILES string of the molecule is COc1cc(CCC(C)=O)ccc1O.Oc1ccccc1. The number of carbonyl (C=O) groups is 1. The highest BCUT2D eigenvalue weighted by atomic mass is 16.5. The summed E-state index contributed by atoms with van der Waals surface area (Å²) in [6.45, 7) is 1.57. The molecule has 2 aromatic carbocycles. The van der Waals surface area contributed by atoms with E-state index in [2.05, 4.69) is 0 Å². The molecule has 0 bridgehead atoms. The van der Waals surface area contributed by atoms with E-state index in [1.165, 1.54) is 7.11 Å². The van der Waals surface area contributed by atoms with E-state index in [0.29, 0.717) is 24.3 Å². The Bertz CT molecular complexity index is 564. The molecular formula is C17H20O4. The molecule has 0 unspecified atom stereocenters. The minimum Gasteiger partial charge on any atom is -0.508 e. The molecule has 2 aromatic rings. The number of aromatic hydroxyl groups is 2. The number of benzene rings is 2. The molecule has 21 heavy (non-hydrogen) atoms. The lowest BCUT2D eigenvalue weighted by Crippen LogP contribution is -1.94. The van der Waals surface area contributed by atoms with E-state index in [4.69, 9.17) is 9.84 Å². The van der Waals surface area contributed by atoms with E-state index in [1.807, 2.05) is 6.07 Å². The number of rotatable bonds is 4. The van der Waals surface area contributed by atoms with E-state index >= 15 is 0 Å². The minimum atomic E-state index is 0.124. The Kier molecular flexibility index (Phi) is 6.81. The summed E-state index contributed by atoms with van der Waals surface area (Å²) >= 11 is 0. The van der Waals surface area contributed by atoms with E-state index in [1.54, 1.807) is 49.4 Å². The molecule has 0 spiro atoms. The molecule has 2 rings (SSSR count). The molecule has 0 saturated heterocycles. The Labute approximate surface area is 124 Å². The van der Waals surface area contributed by atoms with Crippen LogP contribution in [-0.2, 0) is 11.2 Å². The molecule has 0 aliphatic carbocycles. The highest BCUT2D eigenvalue weighted by molar-refractivity contribution is 5.75. The monoisotopic (exact) mass is 288 g/mol. The van der Waals surface area contributed by atoms with Crippen molar-refractivity contribution in [2.24, 2.45) is 0 Å². The largest absolute Gasteiger partial charge is 0.508 e. The molecular weight excluding hydrogens is 268 g/mol. The lowest BCUT2D eigenvalue weighted by Gasteiger charge is -2.05. The van der Waals surface area contributed by atoms with Gasteiger partial charge in [-0.15, -0.1) is 0 Å². The predicted octanol–water partition coefficient (Wildman–Crippen LogP) is 3.31. The number of ether oxygens (including phenoxy) is 1. The van der Waals surface area contributed by atoms with E-state index < -0.39 is 0 Å². The van der Waals surface area contributed by atoms with Gasteiger partial charge in [0.25, 0.3) is 0 Å². The summed E-state index contributed by atoms with van der Waals surface area (Å²) in [4.78, 5) is 10.8. The van der Waals surface area contributed by atoms with Crippen LogP contribution in [0.2, 0.25) is 0 Å². The molecule has 0 atom stereocenters. The van der Waals surface area contributed by atoms with Crippen LogP contribution in [0.25, 0.3) is 0 Å². The second-order valence-corrected chi connectivity index (χ2v) is 4.54. The highest BCUT2D eigenvalue weighted by Crippen LogP contribution is 2.26. The quantitative estimate of drug-likeness (QED) is 0.905. The Hall–Kier alpha value is -2.49. The van der Waals surface area contributed by atoms with Crippen molar-refractivity contribution in [2.45, 2.75) is 19.8 Å². The summed E-state index contributed by atoms with van der Waals surface area (Å²) in [5, 5.41) is 18.0. The number of phenolic OH excluding ortho intramolecular Hbond substituents is 2. The average molecular weight is 288 g/mol. The van der Waals surface area contributed by atoms with Crippen LogP contribution in [0.5, 0.6) is 17.2 Å². The number of hydrogen-bond acceptors (Lipinski definition) is 4. The molecule has 0 saturated carbocycles. The molecule has 0 aromatic heterocycles. The number of para-hydroxylation sites is 1. The fourth-order valence-corrected chi connectivity index (χ4v) is 1.63. The molecule has 4 nitrogen and oxygen atoms in total. The summed E-state index contributed by atoms with van der Waals surface area (Å²) in [5.74, 6) is 1.06. The molecule has 0 radical (unpaired) electrons. The van der Waals surface area contributed by atoms with Gasteiger partial charge in [0.15, 0.2) is 11.5 Å². The lowest BCUT2D eigenvalue weighted by atomic mass is 10.1. The third-order valence-corrected chi connectivity index (χ3v) is 2.77. The number of methoxy groups -OCH3 is 1. The van der Waals surface area contributed by atoms with E-state index in [9.17, 15) is 9.90 Å². The maximum absolute atomic E-state index is 10.8. The van der Waals surface area contributed by atoms with Crippen molar-refractivity contribution < 1.29 is 19.7 Å². The van der Waals surface area contributed by atoms with Gasteiger partial charge in [-0.05, 0) is 43.2 Å². The van der Waals surface area contributed by atoms with Crippen LogP contribution in [0, 0.1) is 0 Å². The third kappa shape index (κ3) is 6.47. The Morgan fingerprint density at radius 3 is 2.24 bits per heavy atom. The van der Waals surface area contributed by atoms with Gasteiger partial charge in [0, 0.05) is 6.42 Å². The summed E-state index contributed by atoms with van der Waals surface area (Å²) in [7, 11) is 1.50. The van der Waals surface area contributed by atoms with Gasteiger partial charge in [0.05, 0.1) is 7.11 Å². The fraction of sp³-hybridized carbons (Fsp3) is 0.235.